The molecule has 0 radical (unpaired) electrons. The molecular weight excluding hydrogens is 372 g/mol. The first-order chi connectivity index (χ1) is 13.9. The maximum absolute atomic E-state index is 12.6. The molecule has 1 aromatic rings. The zero-order chi connectivity index (χ0) is 21.2. The molecule has 0 saturated carbocycles. The van der Waals surface area contributed by atoms with Gasteiger partial charge in [-0.3, -0.25) is 9.59 Å². The van der Waals surface area contributed by atoms with Crippen molar-refractivity contribution in [1.82, 2.24) is 15.5 Å². The molecular formula is C21H32N4O4. The lowest BCUT2D eigenvalue weighted by Crippen LogP contribution is -2.46. The molecule has 3 N–H and O–H groups in total. The third-order valence-corrected chi connectivity index (χ3v) is 5.29. The molecule has 0 aliphatic carbocycles. The normalized spacial score (nSPS) is 18.7. The summed E-state index contributed by atoms with van der Waals surface area (Å²) in [5.74, 6) is 1.11. The highest BCUT2D eigenvalue weighted by atomic mass is 16.5. The van der Waals surface area contributed by atoms with Crippen LogP contribution in [0, 0.1) is 11.8 Å². The number of nitrogens with zero attached hydrogens (tertiary/aromatic N) is 1. The van der Waals surface area contributed by atoms with Crippen molar-refractivity contribution in [1.29, 1.82) is 0 Å². The third kappa shape index (κ3) is 7.29. The Labute approximate surface area is 172 Å². The number of carbonyl (C=O) groups excluding carboxylic acids is 3. The Bertz CT molecular complexity index is 710. The molecule has 29 heavy (non-hydrogen) atoms. The van der Waals surface area contributed by atoms with Gasteiger partial charge >= 0.3 is 6.03 Å². The van der Waals surface area contributed by atoms with Gasteiger partial charge in [-0.25, -0.2) is 4.79 Å². The van der Waals surface area contributed by atoms with E-state index < -0.39 is 0 Å². The second kappa shape index (κ2) is 11.3. The number of nitrogens with one attached hydrogen (secondary N) is 3. The number of piperidine rings is 1. The summed E-state index contributed by atoms with van der Waals surface area (Å²) >= 11 is 0. The fourth-order valence-corrected chi connectivity index (χ4v) is 3.65. The number of amides is 4. The summed E-state index contributed by atoms with van der Waals surface area (Å²) in [6.45, 7) is 5.66. The topological polar surface area (TPSA) is 99.8 Å². The van der Waals surface area contributed by atoms with E-state index in [1.165, 1.54) is 6.92 Å². The largest absolute Gasteiger partial charge is 0.497 e. The fraction of sp³-hybridized carbons (Fsp3) is 0.571. The molecule has 2 atom stereocenters. The molecule has 1 heterocycles. The van der Waals surface area contributed by atoms with Gasteiger partial charge in [0, 0.05) is 51.3 Å². The Hall–Kier alpha value is -2.77. The summed E-state index contributed by atoms with van der Waals surface area (Å²) in [4.78, 5) is 37.5. The van der Waals surface area contributed by atoms with Crippen LogP contribution in [0.4, 0.5) is 10.5 Å². The first-order valence-corrected chi connectivity index (χ1v) is 10.1. The van der Waals surface area contributed by atoms with Gasteiger partial charge < -0.3 is 25.6 Å². The molecule has 0 aromatic heterocycles. The predicted molar refractivity (Wildman–Crippen MR) is 112 cm³/mol. The quantitative estimate of drug-likeness (QED) is 0.579. The number of ether oxygens (including phenoxy) is 1. The zero-order valence-corrected chi connectivity index (χ0v) is 17.5. The number of likely N-dealkylation sites (tertiary alicyclic amines) is 1. The monoisotopic (exact) mass is 404 g/mol. The minimum absolute atomic E-state index is 0.00640. The van der Waals surface area contributed by atoms with Gasteiger partial charge in [0.1, 0.15) is 5.75 Å². The average molecular weight is 405 g/mol. The molecule has 8 heteroatoms. The zero-order valence-electron chi connectivity index (χ0n) is 17.5. The van der Waals surface area contributed by atoms with E-state index in [9.17, 15) is 14.4 Å². The van der Waals surface area contributed by atoms with Gasteiger partial charge in [0.2, 0.25) is 11.8 Å². The van der Waals surface area contributed by atoms with E-state index in [1.54, 1.807) is 13.2 Å². The lowest BCUT2D eigenvalue weighted by atomic mass is 9.81. The van der Waals surface area contributed by atoms with E-state index in [1.807, 2.05) is 23.1 Å². The second-order valence-corrected chi connectivity index (χ2v) is 7.36. The standard InChI is InChI=1S/C21H32N4O4/c1-4-16-14-25(21(28)24-18-6-5-7-19(13-18)29-3)11-8-17(16)12-20(27)23-10-9-22-15(2)26/h5-7,13,16-17H,4,8-12,14H2,1-3H3,(H,22,26)(H,23,27)(H,24,28)/t16-,17-/m0/s1. The summed E-state index contributed by atoms with van der Waals surface area (Å²) in [5, 5.41) is 8.43. The SMILES string of the molecule is CC[C@H]1CN(C(=O)Nc2cccc(OC)c2)CC[C@H]1CC(=O)NCCNC(C)=O. The Kier molecular flexibility index (Phi) is 8.76. The summed E-state index contributed by atoms with van der Waals surface area (Å²) in [6, 6.07) is 7.15. The van der Waals surface area contributed by atoms with Crippen molar-refractivity contribution >= 4 is 23.5 Å². The minimum atomic E-state index is -0.130. The molecule has 8 nitrogen and oxygen atoms in total. The van der Waals surface area contributed by atoms with Gasteiger partial charge in [-0.1, -0.05) is 19.4 Å². The minimum Gasteiger partial charge on any atom is -0.497 e. The molecule has 2 rings (SSSR count). The first-order valence-electron chi connectivity index (χ1n) is 10.1. The predicted octanol–water partition coefficient (Wildman–Crippen LogP) is 2.22. The molecule has 1 aliphatic rings. The van der Waals surface area contributed by atoms with E-state index in [-0.39, 0.29) is 29.7 Å². The molecule has 0 bridgehead atoms. The van der Waals surface area contributed by atoms with Crippen LogP contribution in [0.15, 0.2) is 24.3 Å². The van der Waals surface area contributed by atoms with Crippen LogP contribution in [0.1, 0.15) is 33.1 Å². The van der Waals surface area contributed by atoms with E-state index >= 15 is 0 Å². The summed E-state index contributed by atoms with van der Waals surface area (Å²) in [6.07, 6.45) is 2.15. The van der Waals surface area contributed by atoms with Crippen molar-refractivity contribution in [2.75, 3.05) is 38.6 Å². The van der Waals surface area contributed by atoms with Crippen LogP contribution in [0.3, 0.4) is 0 Å². The number of hydrogen-bond donors (Lipinski definition) is 3. The molecule has 0 unspecified atom stereocenters. The highest BCUT2D eigenvalue weighted by molar-refractivity contribution is 5.89. The van der Waals surface area contributed by atoms with Gasteiger partial charge in [0.15, 0.2) is 0 Å². The van der Waals surface area contributed by atoms with E-state index in [2.05, 4.69) is 22.9 Å². The summed E-state index contributed by atoms with van der Waals surface area (Å²) < 4.78 is 5.19. The average Bonchev–Trinajstić information content (AvgIpc) is 2.71. The third-order valence-electron chi connectivity index (χ3n) is 5.29. The van der Waals surface area contributed by atoms with Crippen LogP contribution in [-0.4, -0.2) is 56.0 Å². The fourth-order valence-electron chi connectivity index (χ4n) is 3.65. The number of carbonyl (C=O) groups is 3. The lowest BCUT2D eigenvalue weighted by Gasteiger charge is -2.38. The number of rotatable bonds is 8. The molecule has 1 saturated heterocycles. The molecule has 160 valence electrons. The van der Waals surface area contributed by atoms with Crippen molar-refractivity contribution in [3.05, 3.63) is 24.3 Å². The number of urea groups is 1. The van der Waals surface area contributed by atoms with Crippen molar-refractivity contribution in [3.63, 3.8) is 0 Å². The Balaban J connectivity index is 1.82. The van der Waals surface area contributed by atoms with E-state index in [0.717, 1.165) is 12.8 Å². The van der Waals surface area contributed by atoms with Gasteiger partial charge in [-0.2, -0.15) is 0 Å². The molecule has 1 aromatic carbocycles. The lowest BCUT2D eigenvalue weighted by molar-refractivity contribution is -0.123. The van der Waals surface area contributed by atoms with Crippen LogP contribution < -0.4 is 20.7 Å². The molecule has 4 amide bonds. The highest BCUT2D eigenvalue weighted by Gasteiger charge is 2.31. The van der Waals surface area contributed by atoms with Crippen molar-refractivity contribution in [2.45, 2.75) is 33.1 Å². The molecule has 1 fully saturated rings. The number of hydrogen-bond acceptors (Lipinski definition) is 4. The van der Waals surface area contributed by atoms with Crippen LogP contribution in [0.5, 0.6) is 5.75 Å². The van der Waals surface area contributed by atoms with Crippen LogP contribution in [0.25, 0.3) is 0 Å². The Morgan fingerprint density at radius 1 is 1.17 bits per heavy atom. The second-order valence-electron chi connectivity index (χ2n) is 7.36. The maximum atomic E-state index is 12.6. The first kappa shape index (κ1) is 22.5. The molecule has 0 spiro atoms. The van der Waals surface area contributed by atoms with Crippen LogP contribution in [-0.2, 0) is 9.59 Å². The van der Waals surface area contributed by atoms with Gasteiger partial charge in [0.05, 0.1) is 7.11 Å². The summed E-state index contributed by atoms with van der Waals surface area (Å²) in [7, 11) is 1.59. The molecule has 1 aliphatic heterocycles. The van der Waals surface area contributed by atoms with Gasteiger partial charge in [-0.15, -0.1) is 0 Å². The number of benzene rings is 1. The highest BCUT2D eigenvalue weighted by Crippen LogP contribution is 2.29. The van der Waals surface area contributed by atoms with Crippen LogP contribution in [0.2, 0.25) is 0 Å². The van der Waals surface area contributed by atoms with Crippen LogP contribution >= 0.6 is 0 Å². The van der Waals surface area contributed by atoms with E-state index in [4.69, 9.17) is 4.74 Å². The van der Waals surface area contributed by atoms with Gasteiger partial charge in [0.25, 0.3) is 0 Å². The smallest absolute Gasteiger partial charge is 0.321 e. The van der Waals surface area contributed by atoms with Crippen molar-refractivity contribution in [3.8, 4) is 5.75 Å². The number of anilines is 1. The van der Waals surface area contributed by atoms with Crippen molar-refractivity contribution in [2.24, 2.45) is 11.8 Å². The Morgan fingerprint density at radius 3 is 2.62 bits per heavy atom. The van der Waals surface area contributed by atoms with Crippen molar-refractivity contribution < 1.29 is 19.1 Å². The van der Waals surface area contributed by atoms with Gasteiger partial charge in [-0.05, 0) is 30.4 Å². The van der Waals surface area contributed by atoms with E-state index in [0.29, 0.717) is 44.0 Å². The Morgan fingerprint density at radius 2 is 1.93 bits per heavy atom. The summed E-state index contributed by atoms with van der Waals surface area (Å²) in [5.41, 5.74) is 0.697. The number of methoxy groups -OCH3 is 1. The maximum Gasteiger partial charge on any atom is 0.321 e.